The van der Waals surface area contributed by atoms with Crippen LogP contribution in [0, 0.1) is 0 Å². The second-order valence-corrected chi connectivity index (χ2v) is 5.35. The van der Waals surface area contributed by atoms with Crippen LogP contribution in [0.5, 0.6) is 0 Å². The van der Waals surface area contributed by atoms with Gasteiger partial charge < -0.3 is 10.6 Å². The first kappa shape index (κ1) is 14.3. The average molecular weight is 337 g/mol. The maximum absolute atomic E-state index is 12.6. The van der Waals surface area contributed by atoms with E-state index in [4.69, 9.17) is 0 Å². The molecule has 3 nitrogen and oxygen atoms in total. The fraction of sp³-hybridized carbons (Fsp3) is 0.417. The molecule has 0 aromatic heterocycles. The zero-order valence-corrected chi connectivity index (χ0v) is 11.4. The van der Waals surface area contributed by atoms with E-state index < -0.39 is 11.7 Å². The number of hydrogen-bond acceptors (Lipinski definition) is 2. The molecule has 19 heavy (non-hydrogen) atoms. The Morgan fingerprint density at radius 1 is 1.32 bits per heavy atom. The molecule has 1 saturated carbocycles. The summed E-state index contributed by atoms with van der Waals surface area (Å²) in [5, 5.41) is 5.44. The van der Waals surface area contributed by atoms with Crippen molar-refractivity contribution in [1.29, 1.82) is 0 Å². The van der Waals surface area contributed by atoms with Crippen LogP contribution >= 0.6 is 15.9 Å². The average Bonchev–Trinajstić information content (AvgIpc) is 3.08. The number of carbonyl (C=O) groups excluding carboxylic acids is 1. The maximum Gasteiger partial charge on any atom is 0.416 e. The predicted molar refractivity (Wildman–Crippen MR) is 68.8 cm³/mol. The summed E-state index contributed by atoms with van der Waals surface area (Å²) in [4.78, 5) is 11.5. The number of nitrogens with one attached hydrogen (secondary N) is 2. The molecule has 0 unspecified atom stereocenters. The lowest BCUT2D eigenvalue weighted by molar-refractivity contribution is -0.137. The van der Waals surface area contributed by atoms with Crippen LogP contribution in [0.1, 0.15) is 18.4 Å². The van der Waals surface area contributed by atoms with Gasteiger partial charge in [0, 0.05) is 16.2 Å². The molecular weight excluding hydrogens is 325 g/mol. The number of anilines is 1. The number of hydrogen-bond donors (Lipinski definition) is 2. The van der Waals surface area contributed by atoms with Crippen molar-refractivity contribution >= 4 is 27.5 Å². The van der Waals surface area contributed by atoms with Crippen LogP contribution in [0.4, 0.5) is 18.9 Å². The van der Waals surface area contributed by atoms with Gasteiger partial charge in [-0.25, -0.2) is 0 Å². The zero-order valence-electron chi connectivity index (χ0n) is 9.85. The quantitative estimate of drug-likeness (QED) is 0.886. The highest BCUT2D eigenvalue weighted by Crippen LogP contribution is 2.33. The Labute approximate surface area is 116 Å². The monoisotopic (exact) mass is 336 g/mol. The van der Waals surface area contributed by atoms with E-state index in [1.165, 1.54) is 6.07 Å². The van der Waals surface area contributed by atoms with Crippen molar-refractivity contribution in [3.8, 4) is 0 Å². The van der Waals surface area contributed by atoms with E-state index in [-0.39, 0.29) is 22.6 Å². The van der Waals surface area contributed by atoms with Crippen LogP contribution in [-0.4, -0.2) is 18.5 Å². The Morgan fingerprint density at radius 2 is 2.00 bits per heavy atom. The van der Waals surface area contributed by atoms with Crippen molar-refractivity contribution in [2.45, 2.75) is 25.1 Å². The lowest BCUT2D eigenvalue weighted by Gasteiger charge is -2.11. The summed E-state index contributed by atoms with van der Waals surface area (Å²) in [5.41, 5.74) is -0.670. The van der Waals surface area contributed by atoms with Crippen molar-refractivity contribution in [2.24, 2.45) is 0 Å². The SMILES string of the molecule is O=C(CNC1CC1)Nc1cc(Br)cc(C(F)(F)F)c1. The largest absolute Gasteiger partial charge is 0.416 e. The van der Waals surface area contributed by atoms with E-state index in [1.54, 1.807) is 0 Å². The Kier molecular flexibility index (Phi) is 4.15. The summed E-state index contributed by atoms with van der Waals surface area (Å²) in [6.07, 6.45) is -2.35. The second kappa shape index (κ2) is 5.50. The van der Waals surface area contributed by atoms with Gasteiger partial charge in [-0.2, -0.15) is 13.2 Å². The molecule has 104 valence electrons. The maximum atomic E-state index is 12.6. The third-order valence-electron chi connectivity index (χ3n) is 2.64. The second-order valence-electron chi connectivity index (χ2n) is 4.43. The molecule has 7 heteroatoms. The third-order valence-corrected chi connectivity index (χ3v) is 3.10. The predicted octanol–water partition coefficient (Wildman–Crippen LogP) is 3.16. The minimum atomic E-state index is -4.43. The number of halogens is 4. The molecule has 1 amide bonds. The van der Waals surface area contributed by atoms with E-state index in [2.05, 4.69) is 26.6 Å². The molecule has 0 atom stereocenters. The van der Waals surface area contributed by atoms with Crippen molar-refractivity contribution in [3.63, 3.8) is 0 Å². The molecular formula is C12H12BrF3N2O. The van der Waals surface area contributed by atoms with E-state index in [0.717, 1.165) is 25.0 Å². The number of rotatable bonds is 4. The highest BCUT2D eigenvalue weighted by molar-refractivity contribution is 9.10. The summed E-state index contributed by atoms with van der Waals surface area (Å²) in [6.45, 7) is 0.110. The first-order valence-electron chi connectivity index (χ1n) is 5.75. The molecule has 1 fully saturated rings. The number of alkyl halides is 3. The summed E-state index contributed by atoms with van der Waals surface area (Å²) >= 11 is 3.00. The third kappa shape index (κ3) is 4.50. The van der Waals surface area contributed by atoms with Gasteiger partial charge >= 0.3 is 6.18 Å². The van der Waals surface area contributed by atoms with Gasteiger partial charge in [0.25, 0.3) is 0 Å². The van der Waals surface area contributed by atoms with Crippen LogP contribution in [0.15, 0.2) is 22.7 Å². The molecule has 0 spiro atoms. The van der Waals surface area contributed by atoms with Crippen LogP contribution in [0.2, 0.25) is 0 Å². The fourth-order valence-corrected chi connectivity index (χ4v) is 2.05. The lowest BCUT2D eigenvalue weighted by Crippen LogP contribution is -2.29. The van der Waals surface area contributed by atoms with E-state index in [9.17, 15) is 18.0 Å². The van der Waals surface area contributed by atoms with Gasteiger partial charge in [-0.3, -0.25) is 4.79 Å². The topological polar surface area (TPSA) is 41.1 Å². The van der Waals surface area contributed by atoms with Crippen molar-refractivity contribution < 1.29 is 18.0 Å². The van der Waals surface area contributed by atoms with Crippen molar-refractivity contribution in [2.75, 3.05) is 11.9 Å². The van der Waals surface area contributed by atoms with Gasteiger partial charge in [0.2, 0.25) is 5.91 Å². The van der Waals surface area contributed by atoms with Gasteiger partial charge in [0.05, 0.1) is 12.1 Å². The van der Waals surface area contributed by atoms with Crippen LogP contribution in [0.3, 0.4) is 0 Å². The molecule has 0 bridgehead atoms. The minimum Gasteiger partial charge on any atom is -0.325 e. The molecule has 0 aliphatic heterocycles. The van der Waals surface area contributed by atoms with Gasteiger partial charge in [-0.1, -0.05) is 15.9 Å². The normalized spacial score (nSPS) is 15.4. The summed E-state index contributed by atoms with van der Waals surface area (Å²) in [5.74, 6) is -0.349. The van der Waals surface area contributed by atoms with Gasteiger partial charge in [0.15, 0.2) is 0 Å². The van der Waals surface area contributed by atoms with Crippen molar-refractivity contribution in [3.05, 3.63) is 28.2 Å². The number of carbonyl (C=O) groups is 1. The molecule has 0 heterocycles. The standard InChI is InChI=1S/C12H12BrF3N2O/c13-8-3-7(12(14,15)16)4-10(5-8)18-11(19)6-17-9-1-2-9/h3-5,9,17H,1-2,6H2,(H,18,19). The lowest BCUT2D eigenvalue weighted by atomic mass is 10.2. The molecule has 0 radical (unpaired) electrons. The van der Waals surface area contributed by atoms with E-state index in [0.29, 0.717) is 6.04 Å². The van der Waals surface area contributed by atoms with Crippen LogP contribution in [-0.2, 0) is 11.0 Å². The fourth-order valence-electron chi connectivity index (χ4n) is 1.56. The molecule has 0 saturated heterocycles. The highest BCUT2D eigenvalue weighted by Gasteiger charge is 2.31. The van der Waals surface area contributed by atoms with Gasteiger partial charge in [-0.15, -0.1) is 0 Å². The highest BCUT2D eigenvalue weighted by atomic mass is 79.9. The Hall–Kier alpha value is -1.08. The summed E-state index contributed by atoms with van der Waals surface area (Å²) in [6, 6.07) is 3.70. The van der Waals surface area contributed by atoms with E-state index in [1.807, 2.05) is 0 Å². The van der Waals surface area contributed by atoms with Crippen LogP contribution in [0.25, 0.3) is 0 Å². The Bertz CT molecular complexity index is 486. The summed E-state index contributed by atoms with van der Waals surface area (Å²) in [7, 11) is 0. The smallest absolute Gasteiger partial charge is 0.325 e. The molecule has 2 rings (SSSR count). The number of amides is 1. The molecule has 1 aliphatic rings. The molecule has 1 aromatic rings. The first-order valence-corrected chi connectivity index (χ1v) is 6.55. The van der Waals surface area contributed by atoms with E-state index >= 15 is 0 Å². The molecule has 1 aromatic carbocycles. The van der Waals surface area contributed by atoms with Gasteiger partial charge in [-0.05, 0) is 31.0 Å². The molecule has 1 aliphatic carbocycles. The van der Waals surface area contributed by atoms with Crippen LogP contribution < -0.4 is 10.6 Å². The minimum absolute atomic E-state index is 0.110. The zero-order chi connectivity index (χ0) is 14.0. The Balaban J connectivity index is 2.02. The number of benzene rings is 1. The first-order chi connectivity index (χ1) is 8.84. The Morgan fingerprint density at radius 3 is 2.58 bits per heavy atom. The molecule has 2 N–H and O–H groups in total. The van der Waals surface area contributed by atoms with Crippen molar-refractivity contribution in [1.82, 2.24) is 5.32 Å². The summed E-state index contributed by atoms with van der Waals surface area (Å²) < 4.78 is 38.1. The van der Waals surface area contributed by atoms with Gasteiger partial charge in [0.1, 0.15) is 0 Å².